The van der Waals surface area contributed by atoms with Crippen LogP contribution in [-0.4, -0.2) is 26.3 Å². The van der Waals surface area contributed by atoms with Crippen LogP contribution in [0.4, 0.5) is 21.0 Å². The Kier molecular flexibility index (Phi) is 6.23. The summed E-state index contributed by atoms with van der Waals surface area (Å²) in [6.45, 7) is 5.92. The second-order valence-corrected chi connectivity index (χ2v) is 6.81. The topological polar surface area (TPSA) is 69.7 Å². The Morgan fingerprint density at radius 3 is 2.44 bits per heavy atom. The van der Waals surface area contributed by atoms with Crippen molar-refractivity contribution in [3.8, 4) is 0 Å². The van der Waals surface area contributed by atoms with Gasteiger partial charge in [-0.1, -0.05) is 48.8 Å². The van der Waals surface area contributed by atoms with E-state index in [-0.39, 0.29) is 5.92 Å². The summed E-state index contributed by atoms with van der Waals surface area (Å²) in [5.74, 6) is 0.103. The highest BCUT2D eigenvalue weighted by molar-refractivity contribution is 5.90. The number of carboxylic acid groups (broad SMARTS) is 1. The van der Waals surface area contributed by atoms with Crippen molar-refractivity contribution in [3.63, 3.8) is 0 Å². The molecule has 144 valence electrons. The predicted molar refractivity (Wildman–Crippen MR) is 104 cm³/mol. The lowest BCUT2D eigenvalue weighted by molar-refractivity contribution is -0.285. The number of rotatable bonds is 4. The highest BCUT2D eigenvalue weighted by Gasteiger charge is 2.38. The van der Waals surface area contributed by atoms with E-state index in [4.69, 9.17) is 4.84 Å². The first-order valence-electron chi connectivity index (χ1n) is 8.92. The first-order valence-corrected chi connectivity index (χ1v) is 8.92. The minimum absolute atomic E-state index is 0.103. The number of nitrogens with zero attached hydrogens (tertiary/aromatic N) is 2. The van der Waals surface area contributed by atoms with Gasteiger partial charge in [-0.05, 0) is 37.0 Å². The Morgan fingerprint density at radius 2 is 1.85 bits per heavy atom. The SMILES string of the molecule is CCC(C)c1ccccc1[N+](C)(OC(=O)N(C)c1cccc(C)c1)C(=O)[O-]. The van der Waals surface area contributed by atoms with Crippen molar-refractivity contribution < 1.29 is 19.5 Å². The van der Waals surface area contributed by atoms with E-state index in [1.54, 1.807) is 18.2 Å². The molecule has 2 aromatic rings. The normalized spacial score (nSPS) is 14.1. The molecule has 0 saturated carbocycles. The van der Waals surface area contributed by atoms with E-state index in [0.717, 1.165) is 17.5 Å². The molecule has 0 aliphatic heterocycles. The number of carbonyl (C=O) groups excluding carboxylic acids is 2. The summed E-state index contributed by atoms with van der Waals surface area (Å²) in [6, 6.07) is 14.4. The van der Waals surface area contributed by atoms with Crippen molar-refractivity contribution >= 4 is 23.6 Å². The first-order chi connectivity index (χ1) is 12.7. The molecule has 0 heterocycles. The summed E-state index contributed by atoms with van der Waals surface area (Å²) in [7, 11) is 2.84. The van der Waals surface area contributed by atoms with Gasteiger partial charge in [0.25, 0.3) is 0 Å². The standard InChI is InChI=1S/C21H26N2O4/c1-6-16(3)18-12-7-8-13-19(18)23(5,21(25)26)27-20(24)22(4)17-11-9-10-15(2)14-17/h7-14,16H,6H2,1-5H3. The second kappa shape index (κ2) is 8.22. The van der Waals surface area contributed by atoms with Crippen LogP contribution in [-0.2, 0) is 4.84 Å². The van der Waals surface area contributed by atoms with Crippen LogP contribution in [0.3, 0.4) is 0 Å². The van der Waals surface area contributed by atoms with E-state index in [9.17, 15) is 14.7 Å². The van der Waals surface area contributed by atoms with E-state index < -0.39 is 16.8 Å². The molecule has 2 rings (SSSR count). The summed E-state index contributed by atoms with van der Waals surface area (Å²) in [5.41, 5.74) is 2.77. The zero-order valence-corrected chi connectivity index (χ0v) is 16.4. The lowest BCUT2D eigenvalue weighted by Gasteiger charge is -2.32. The van der Waals surface area contributed by atoms with Gasteiger partial charge in [-0.2, -0.15) is 0 Å². The molecule has 0 aromatic heterocycles. The van der Waals surface area contributed by atoms with Gasteiger partial charge in [0.15, 0.2) is 5.69 Å². The molecule has 0 saturated heterocycles. The van der Waals surface area contributed by atoms with Crippen LogP contribution in [0.2, 0.25) is 0 Å². The average Bonchev–Trinajstić information content (AvgIpc) is 2.66. The Balaban J connectivity index is 2.40. The number of anilines is 1. The van der Waals surface area contributed by atoms with Crippen LogP contribution in [0.1, 0.15) is 37.3 Å². The van der Waals surface area contributed by atoms with Crippen molar-refractivity contribution in [2.45, 2.75) is 33.1 Å². The Hall–Kier alpha value is -2.86. The number of quaternary nitrogens is 1. The van der Waals surface area contributed by atoms with Crippen LogP contribution in [0.15, 0.2) is 48.5 Å². The summed E-state index contributed by atoms with van der Waals surface area (Å²) < 4.78 is -1.09. The van der Waals surface area contributed by atoms with Crippen LogP contribution in [0.25, 0.3) is 0 Å². The first kappa shape index (κ1) is 20.5. The molecular weight excluding hydrogens is 344 g/mol. The molecule has 0 radical (unpaired) electrons. The van der Waals surface area contributed by atoms with Gasteiger partial charge in [0.2, 0.25) is 0 Å². The lowest BCUT2D eigenvalue weighted by Crippen LogP contribution is -2.59. The largest absolute Gasteiger partial charge is 0.495 e. The van der Waals surface area contributed by atoms with Crippen molar-refractivity contribution in [1.82, 2.24) is 4.65 Å². The van der Waals surface area contributed by atoms with Gasteiger partial charge < -0.3 is 9.90 Å². The zero-order chi connectivity index (χ0) is 20.2. The van der Waals surface area contributed by atoms with Gasteiger partial charge in [-0.3, -0.25) is 4.90 Å². The van der Waals surface area contributed by atoms with E-state index in [2.05, 4.69) is 0 Å². The Bertz CT molecular complexity index is 836. The van der Waals surface area contributed by atoms with Gasteiger partial charge in [0, 0.05) is 24.4 Å². The highest BCUT2D eigenvalue weighted by Crippen LogP contribution is 2.33. The van der Waals surface area contributed by atoms with Crippen molar-refractivity contribution in [2.24, 2.45) is 0 Å². The third-order valence-corrected chi connectivity index (χ3v) is 4.81. The van der Waals surface area contributed by atoms with Crippen LogP contribution in [0, 0.1) is 6.92 Å². The number of para-hydroxylation sites is 1. The minimum atomic E-state index is -1.52. The summed E-state index contributed by atoms with van der Waals surface area (Å²) in [4.78, 5) is 31.4. The van der Waals surface area contributed by atoms with Crippen LogP contribution >= 0.6 is 0 Å². The second-order valence-electron chi connectivity index (χ2n) is 6.81. The number of benzene rings is 2. The summed E-state index contributed by atoms with van der Waals surface area (Å²) in [6.07, 6.45) is -1.48. The van der Waals surface area contributed by atoms with E-state index in [1.807, 2.05) is 51.1 Å². The van der Waals surface area contributed by atoms with Crippen molar-refractivity contribution in [1.29, 1.82) is 0 Å². The number of carbonyl (C=O) groups is 2. The number of hydrogen-bond donors (Lipinski definition) is 0. The number of aryl methyl sites for hydroxylation is 1. The van der Waals surface area contributed by atoms with Gasteiger partial charge >= 0.3 is 12.2 Å². The van der Waals surface area contributed by atoms with Crippen molar-refractivity contribution in [3.05, 3.63) is 59.7 Å². The molecule has 2 atom stereocenters. The molecular formula is C21H26N2O4. The highest BCUT2D eigenvalue weighted by atomic mass is 16.8. The maximum atomic E-state index is 12.7. The molecule has 0 spiro atoms. The Morgan fingerprint density at radius 1 is 1.19 bits per heavy atom. The maximum absolute atomic E-state index is 12.7. The lowest BCUT2D eigenvalue weighted by atomic mass is 9.96. The predicted octanol–water partition coefficient (Wildman–Crippen LogP) is 3.98. The van der Waals surface area contributed by atoms with Crippen molar-refractivity contribution in [2.75, 3.05) is 19.0 Å². The third kappa shape index (κ3) is 4.28. The van der Waals surface area contributed by atoms with Crippen LogP contribution in [0.5, 0.6) is 0 Å². The maximum Gasteiger partial charge on any atom is 0.469 e. The van der Waals surface area contributed by atoms with Gasteiger partial charge in [0.05, 0.1) is 0 Å². The molecule has 2 amide bonds. The number of hydroxylamine groups is 2. The molecule has 0 N–H and O–H groups in total. The smallest absolute Gasteiger partial charge is 0.469 e. The fourth-order valence-electron chi connectivity index (χ4n) is 2.86. The molecule has 0 bridgehead atoms. The molecule has 0 aliphatic rings. The zero-order valence-electron chi connectivity index (χ0n) is 16.4. The quantitative estimate of drug-likeness (QED) is 0.603. The molecule has 2 aromatic carbocycles. The number of amides is 2. The summed E-state index contributed by atoms with van der Waals surface area (Å²) >= 11 is 0. The Labute approximate surface area is 160 Å². The molecule has 6 nitrogen and oxygen atoms in total. The van der Waals surface area contributed by atoms with E-state index in [1.165, 1.54) is 19.0 Å². The van der Waals surface area contributed by atoms with E-state index >= 15 is 0 Å². The monoisotopic (exact) mass is 370 g/mol. The molecule has 0 aliphatic carbocycles. The van der Waals surface area contributed by atoms with Gasteiger partial charge in [0.1, 0.15) is 7.05 Å². The third-order valence-electron chi connectivity index (χ3n) is 4.81. The molecule has 27 heavy (non-hydrogen) atoms. The van der Waals surface area contributed by atoms with Crippen LogP contribution < -0.4 is 14.7 Å². The number of hydrogen-bond acceptors (Lipinski definition) is 4. The fourth-order valence-corrected chi connectivity index (χ4v) is 2.86. The molecule has 6 heteroatoms. The minimum Gasteiger partial charge on any atom is -0.495 e. The summed E-state index contributed by atoms with van der Waals surface area (Å²) in [5, 5.41) is 12.0. The van der Waals surface area contributed by atoms with Gasteiger partial charge in [-0.15, -0.1) is 0 Å². The van der Waals surface area contributed by atoms with Gasteiger partial charge in [-0.25, -0.2) is 9.63 Å². The molecule has 0 fully saturated rings. The average molecular weight is 370 g/mol. The molecule has 2 unspecified atom stereocenters. The fraction of sp³-hybridized carbons (Fsp3) is 0.333. The van der Waals surface area contributed by atoms with E-state index in [0.29, 0.717) is 11.4 Å².